The van der Waals surface area contributed by atoms with Gasteiger partial charge in [-0.25, -0.2) is 0 Å². The normalized spacial score (nSPS) is 13.7. The van der Waals surface area contributed by atoms with Gasteiger partial charge in [-0.1, -0.05) is 53.7 Å². The van der Waals surface area contributed by atoms with Gasteiger partial charge in [-0.2, -0.15) is 0 Å². The number of hydrogen-bond donors (Lipinski definition) is 0. The first kappa shape index (κ1) is 18.6. The molecule has 0 saturated heterocycles. The van der Waals surface area contributed by atoms with E-state index in [9.17, 15) is 0 Å². The van der Waals surface area contributed by atoms with Gasteiger partial charge in [0.25, 0.3) is 0 Å². The molecule has 4 aromatic rings. The van der Waals surface area contributed by atoms with Crippen LogP contribution in [0.5, 0.6) is 5.75 Å². The Morgan fingerprint density at radius 2 is 1.87 bits per heavy atom. The number of pyridine rings is 1. The third kappa shape index (κ3) is 4.11. The van der Waals surface area contributed by atoms with Gasteiger partial charge in [-0.15, -0.1) is 0 Å². The first-order valence-corrected chi connectivity index (χ1v) is 10.2. The van der Waals surface area contributed by atoms with Gasteiger partial charge in [-0.3, -0.25) is 9.88 Å². The van der Waals surface area contributed by atoms with Crippen LogP contribution in [0.2, 0.25) is 0 Å². The molecule has 1 aliphatic heterocycles. The average molecular weight is 397 g/mol. The zero-order chi connectivity index (χ0) is 20.2. The van der Waals surface area contributed by atoms with Gasteiger partial charge in [0, 0.05) is 43.4 Å². The molecule has 0 unspecified atom stereocenters. The van der Waals surface area contributed by atoms with Gasteiger partial charge >= 0.3 is 0 Å². The molecule has 0 saturated carbocycles. The van der Waals surface area contributed by atoms with Crippen LogP contribution in [0.3, 0.4) is 0 Å². The molecule has 2 aromatic heterocycles. The minimum atomic E-state index is 0.471. The van der Waals surface area contributed by atoms with E-state index in [-0.39, 0.29) is 0 Å². The standard InChI is InChI=1S/C25H23N3O2/c1-2-8-20(9-3-1)25-23-17-28(14-12-24(23)30-27-25)16-19-7-6-11-22(15-19)29-18-21-10-4-5-13-26-21/h1-11,13,15H,12,14,16-18H2. The maximum atomic E-state index is 5.94. The van der Waals surface area contributed by atoms with E-state index in [1.54, 1.807) is 6.20 Å². The van der Waals surface area contributed by atoms with Gasteiger partial charge < -0.3 is 9.26 Å². The first-order valence-electron chi connectivity index (χ1n) is 10.2. The number of benzene rings is 2. The lowest BCUT2D eigenvalue weighted by Gasteiger charge is -2.26. The zero-order valence-electron chi connectivity index (χ0n) is 16.7. The molecule has 5 heteroatoms. The molecule has 0 bridgehead atoms. The Morgan fingerprint density at radius 3 is 2.73 bits per heavy atom. The summed E-state index contributed by atoms with van der Waals surface area (Å²) in [6, 6.07) is 24.4. The molecule has 0 fully saturated rings. The highest BCUT2D eigenvalue weighted by molar-refractivity contribution is 5.63. The Morgan fingerprint density at radius 1 is 0.967 bits per heavy atom. The number of nitrogens with zero attached hydrogens (tertiary/aromatic N) is 3. The van der Waals surface area contributed by atoms with Crippen LogP contribution < -0.4 is 4.74 Å². The number of ether oxygens (including phenoxy) is 1. The van der Waals surface area contributed by atoms with Gasteiger partial charge in [0.1, 0.15) is 23.8 Å². The molecule has 0 N–H and O–H groups in total. The Hall–Kier alpha value is -3.44. The number of fused-ring (bicyclic) bond motifs is 1. The van der Waals surface area contributed by atoms with Crippen LogP contribution in [0.15, 0.2) is 83.5 Å². The molecule has 1 aliphatic rings. The second-order valence-corrected chi connectivity index (χ2v) is 7.52. The van der Waals surface area contributed by atoms with E-state index < -0.39 is 0 Å². The van der Waals surface area contributed by atoms with Crippen molar-refractivity contribution in [3.05, 3.63) is 102 Å². The van der Waals surface area contributed by atoms with Crippen molar-refractivity contribution in [2.24, 2.45) is 0 Å². The van der Waals surface area contributed by atoms with Crippen molar-refractivity contribution in [2.45, 2.75) is 26.1 Å². The Kier molecular flexibility index (Phi) is 5.27. The van der Waals surface area contributed by atoms with Crippen molar-refractivity contribution < 1.29 is 9.26 Å². The molecular weight excluding hydrogens is 374 g/mol. The quantitative estimate of drug-likeness (QED) is 0.464. The fourth-order valence-electron chi connectivity index (χ4n) is 3.86. The third-order valence-corrected chi connectivity index (χ3v) is 5.37. The van der Waals surface area contributed by atoms with Crippen molar-refractivity contribution in [1.82, 2.24) is 15.0 Å². The number of hydrogen-bond acceptors (Lipinski definition) is 5. The molecule has 0 radical (unpaired) electrons. The van der Waals surface area contributed by atoms with Crippen LogP contribution >= 0.6 is 0 Å². The third-order valence-electron chi connectivity index (χ3n) is 5.37. The lowest BCUT2D eigenvalue weighted by Crippen LogP contribution is -2.29. The topological polar surface area (TPSA) is 51.4 Å². The molecule has 0 amide bonds. The van der Waals surface area contributed by atoms with Gasteiger partial charge in [0.2, 0.25) is 0 Å². The largest absolute Gasteiger partial charge is 0.487 e. The monoisotopic (exact) mass is 397 g/mol. The molecule has 3 heterocycles. The summed E-state index contributed by atoms with van der Waals surface area (Å²) in [5.74, 6) is 1.88. The number of aromatic nitrogens is 2. The fourth-order valence-corrected chi connectivity index (χ4v) is 3.86. The van der Waals surface area contributed by atoms with Crippen LogP contribution in [0.4, 0.5) is 0 Å². The van der Waals surface area contributed by atoms with Crippen molar-refractivity contribution in [1.29, 1.82) is 0 Å². The summed E-state index contributed by atoms with van der Waals surface area (Å²) in [6.45, 7) is 3.12. The summed E-state index contributed by atoms with van der Waals surface area (Å²) in [5.41, 5.74) is 5.43. The molecule has 0 atom stereocenters. The SMILES string of the molecule is c1ccc(-c2noc3c2CN(Cc2cccc(OCc4ccccn4)c2)CC3)cc1. The zero-order valence-corrected chi connectivity index (χ0v) is 16.7. The Labute approximate surface area is 175 Å². The summed E-state index contributed by atoms with van der Waals surface area (Å²) >= 11 is 0. The molecule has 0 spiro atoms. The van der Waals surface area contributed by atoms with Crippen LogP contribution in [-0.4, -0.2) is 21.6 Å². The lowest BCUT2D eigenvalue weighted by atomic mass is 10.0. The smallest absolute Gasteiger partial charge is 0.143 e. The van der Waals surface area contributed by atoms with E-state index >= 15 is 0 Å². The predicted molar refractivity (Wildman–Crippen MR) is 115 cm³/mol. The Balaban J connectivity index is 1.27. The minimum absolute atomic E-state index is 0.471. The molecule has 150 valence electrons. The fraction of sp³-hybridized carbons (Fsp3) is 0.200. The molecule has 2 aromatic carbocycles. The van der Waals surface area contributed by atoms with E-state index in [0.717, 1.165) is 54.5 Å². The van der Waals surface area contributed by atoms with E-state index in [4.69, 9.17) is 9.26 Å². The highest BCUT2D eigenvalue weighted by atomic mass is 16.5. The molecule has 5 nitrogen and oxygen atoms in total. The van der Waals surface area contributed by atoms with Crippen molar-refractivity contribution in [2.75, 3.05) is 6.54 Å². The second-order valence-electron chi connectivity index (χ2n) is 7.52. The molecule has 5 rings (SSSR count). The van der Waals surface area contributed by atoms with Crippen molar-refractivity contribution in [3.63, 3.8) is 0 Å². The van der Waals surface area contributed by atoms with Crippen LogP contribution in [0.1, 0.15) is 22.6 Å². The van der Waals surface area contributed by atoms with E-state index in [2.05, 4.69) is 39.3 Å². The summed E-state index contributed by atoms with van der Waals surface area (Å²) in [6.07, 6.45) is 2.67. The van der Waals surface area contributed by atoms with Gasteiger partial charge in [0.05, 0.1) is 5.69 Å². The van der Waals surface area contributed by atoms with Crippen molar-refractivity contribution in [3.8, 4) is 17.0 Å². The van der Waals surface area contributed by atoms with Gasteiger partial charge in [-0.05, 0) is 29.8 Å². The second kappa shape index (κ2) is 8.51. The van der Waals surface area contributed by atoms with Crippen LogP contribution in [0, 0.1) is 0 Å². The van der Waals surface area contributed by atoms with E-state index in [1.807, 2.05) is 48.5 Å². The van der Waals surface area contributed by atoms with Crippen molar-refractivity contribution >= 4 is 0 Å². The predicted octanol–water partition coefficient (Wildman–Crippen LogP) is 4.87. The van der Waals surface area contributed by atoms with Crippen LogP contribution in [-0.2, 0) is 26.1 Å². The maximum absolute atomic E-state index is 5.94. The van der Waals surface area contributed by atoms with E-state index in [0.29, 0.717) is 6.61 Å². The number of rotatable bonds is 6. The maximum Gasteiger partial charge on any atom is 0.143 e. The first-order chi connectivity index (χ1) is 14.8. The van der Waals surface area contributed by atoms with Gasteiger partial charge in [0.15, 0.2) is 0 Å². The summed E-state index contributed by atoms with van der Waals surface area (Å²) in [4.78, 5) is 6.75. The van der Waals surface area contributed by atoms with E-state index in [1.165, 1.54) is 11.1 Å². The highest BCUT2D eigenvalue weighted by Gasteiger charge is 2.24. The minimum Gasteiger partial charge on any atom is -0.487 e. The lowest BCUT2D eigenvalue weighted by molar-refractivity contribution is 0.228. The summed E-state index contributed by atoms with van der Waals surface area (Å²) in [5, 5.41) is 4.35. The highest BCUT2D eigenvalue weighted by Crippen LogP contribution is 2.30. The van der Waals surface area contributed by atoms with Crippen LogP contribution in [0.25, 0.3) is 11.3 Å². The average Bonchev–Trinajstić information content (AvgIpc) is 3.23. The Bertz CT molecular complexity index is 1110. The summed E-state index contributed by atoms with van der Waals surface area (Å²) in [7, 11) is 0. The molecule has 0 aliphatic carbocycles. The summed E-state index contributed by atoms with van der Waals surface area (Å²) < 4.78 is 11.6. The molecule has 30 heavy (non-hydrogen) atoms. The molecular formula is C25H23N3O2.